The van der Waals surface area contributed by atoms with Crippen LogP contribution in [0.5, 0.6) is 0 Å². The van der Waals surface area contributed by atoms with Gasteiger partial charge in [-0.2, -0.15) is 0 Å². The van der Waals surface area contributed by atoms with Gasteiger partial charge in [0.2, 0.25) is 0 Å². The van der Waals surface area contributed by atoms with E-state index in [9.17, 15) is 0 Å². The van der Waals surface area contributed by atoms with E-state index in [0.717, 1.165) is 88.6 Å². The molecule has 6 nitrogen and oxygen atoms in total. The SMILES string of the molecule is c1ccc(-c2nc(-c3ccccc3)nc(-c3ccc(-c4ccc5cc(-c6ccc7ccc(-c8ccc9ccc%10ccccc%10c9n8)nc7c6)ccc5n4)cc3)n2)cc1. The lowest BCUT2D eigenvalue weighted by Crippen LogP contribution is -2.00. The van der Waals surface area contributed by atoms with Gasteiger partial charge in [0.25, 0.3) is 0 Å². The predicted molar refractivity (Wildman–Crippen MR) is 236 cm³/mol. The Hall–Kier alpha value is -7.96. The highest BCUT2D eigenvalue weighted by atomic mass is 15.0. The lowest BCUT2D eigenvalue weighted by atomic mass is 10.0. The molecule has 0 saturated carbocycles. The van der Waals surface area contributed by atoms with Gasteiger partial charge in [0.05, 0.1) is 33.6 Å². The maximum Gasteiger partial charge on any atom is 0.164 e. The lowest BCUT2D eigenvalue weighted by molar-refractivity contribution is 1.07. The van der Waals surface area contributed by atoms with Crippen molar-refractivity contribution in [2.75, 3.05) is 0 Å². The third-order valence-corrected chi connectivity index (χ3v) is 10.7. The zero-order chi connectivity index (χ0) is 38.4. The molecule has 58 heavy (non-hydrogen) atoms. The molecule has 0 unspecified atom stereocenters. The van der Waals surface area contributed by atoms with Crippen molar-refractivity contribution in [2.24, 2.45) is 0 Å². The summed E-state index contributed by atoms with van der Waals surface area (Å²) >= 11 is 0. The van der Waals surface area contributed by atoms with E-state index in [1.54, 1.807) is 0 Å². The van der Waals surface area contributed by atoms with Crippen molar-refractivity contribution < 1.29 is 0 Å². The van der Waals surface area contributed by atoms with E-state index in [-0.39, 0.29) is 0 Å². The molecule has 0 spiro atoms. The van der Waals surface area contributed by atoms with Crippen LogP contribution < -0.4 is 0 Å². The number of benzene rings is 7. The number of hydrogen-bond donors (Lipinski definition) is 0. The number of aromatic nitrogens is 6. The predicted octanol–water partition coefficient (Wildman–Crippen LogP) is 12.7. The Morgan fingerprint density at radius 2 is 0.724 bits per heavy atom. The van der Waals surface area contributed by atoms with Crippen LogP contribution in [-0.2, 0) is 0 Å². The highest BCUT2D eigenvalue weighted by Gasteiger charge is 2.14. The van der Waals surface area contributed by atoms with Crippen molar-refractivity contribution in [3.8, 4) is 67.9 Å². The Bertz CT molecular complexity index is 3270. The summed E-state index contributed by atoms with van der Waals surface area (Å²) < 4.78 is 0. The second-order valence-electron chi connectivity index (χ2n) is 14.4. The van der Waals surface area contributed by atoms with E-state index in [1.165, 1.54) is 5.39 Å². The second-order valence-corrected chi connectivity index (χ2v) is 14.4. The molecular weight excluding hydrogens is 709 g/mol. The molecule has 4 heterocycles. The number of nitrogens with zero attached hydrogens (tertiary/aromatic N) is 6. The first-order chi connectivity index (χ1) is 28.7. The standard InChI is InChI=1S/C52H32N6/c1-3-10-37(11-4-1)50-56-51(38-12-5-2-6-13-38)58-52(57-50)39-20-16-34(17-21-39)44-28-26-42-31-40(25-27-45(42)53-44)41-22-18-35-23-29-46(54-48(35)32-41)47-30-24-36-19-15-33-9-7-8-14-43(33)49(36)55-47/h1-32H. The second kappa shape index (κ2) is 14.0. The third-order valence-electron chi connectivity index (χ3n) is 10.7. The van der Waals surface area contributed by atoms with E-state index >= 15 is 0 Å². The van der Waals surface area contributed by atoms with E-state index in [1.807, 2.05) is 60.7 Å². The minimum atomic E-state index is 0.623. The Kier molecular flexibility index (Phi) is 8.04. The summed E-state index contributed by atoms with van der Waals surface area (Å²) in [6.45, 7) is 0. The van der Waals surface area contributed by atoms with Crippen molar-refractivity contribution >= 4 is 43.5 Å². The largest absolute Gasteiger partial charge is 0.248 e. The van der Waals surface area contributed by atoms with Crippen LogP contribution in [0, 0.1) is 0 Å². The summed E-state index contributed by atoms with van der Waals surface area (Å²) in [4.78, 5) is 29.9. The molecule has 0 N–H and O–H groups in total. The fourth-order valence-electron chi connectivity index (χ4n) is 7.63. The van der Waals surface area contributed by atoms with Gasteiger partial charge < -0.3 is 0 Å². The molecule has 0 atom stereocenters. The molecular formula is C52H32N6. The van der Waals surface area contributed by atoms with Crippen molar-refractivity contribution in [3.63, 3.8) is 0 Å². The van der Waals surface area contributed by atoms with Gasteiger partial charge in [0.15, 0.2) is 17.5 Å². The highest BCUT2D eigenvalue weighted by Crippen LogP contribution is 2.32. The van der Waals surface area contributed by atoms with Crippen molar-refractivity contribution in [2.45, 2.75) is 0 Å². The summed E-state index contributed by atoms with van der Waals surface area (Å²) in [7, 11) is 0. The Balaban J connectivity index is 0.882. The van der Waals surface area contributed by atoms with Crippen LogP contribution in [0.1, 0.15) is 0 Å². The van der Waals surface area contributed by atoms with Gasteiger partial charge in [-0.3, -0.25) is 0 Å². The quantitative estimate of drug-likeness (QED) is 0.158. The topological polar surface area (TPSA) is 77.3 Å². The molecule has 11 rings (SSSR count). The van der Waals surface area contributed by atoms with Crippen LogP contribution in [-0.4, -0.2) is 29.9 Å². The molecule has 0 aliphatic carbocycles. The van der Waals surface area contributed by atoms with Crippen LogP contribution in [0.3, 0.4) is 0 Å². The summed E-state index contributed by atoms with van der Waals surface area (Å²) in [6.07, 6.45) is 0. The zero-order valence-corrected chi connectivity index (χ0v) is 31.2. The van der Waals surface area contributed by atoms with Gasteiger partial charge in [-0.25, -0.2) is 29.9 Å². The normalized spacial score (nSPS) is 11.4. The van der Waals surface area contributed by atoms with Crippen LogP contribution in [0.4, 0.5) is 0 Å². The Morgan fingerprint density at radius 1 is 0.241 bits per heavy atom. The van der Waals surface area contributed by atoms with Crippen molar-refractivity contribution in [1.29, 1.82) is 0 Å². The van der Waals surface area contributed by atoms with Gasteiger partial charge in [0.1, 0.15) is 0 Å². The summed E-state index contributed by atoms with van der Waals surface area (Å²) in [6, 6.07) is 66.5. The van der Waals surface area contributed by atoms with Crippen LogP contribution in [0.15, 0.2) is 194 Å². The fourth-order valence-corrected chi connectivity index (χ4v) is 7.63. The molecule has 0 bridgehead atoms. The molecule has 6 heteroatoms. The molecule has 7 aromatic carbocycles. The molecule has 0 saturated heterocycles. The van der Waals surface area contributed by atoms with Gasteiger partial charge in [-0.1, -0.05) is 158 Å². The molecule has 0 aliphatic heterocycles. The molecule has 11 aromatic rings. The van der Waals surface area contributed by atoms with E-state index < -0.39 is 0 Å². The molecule has 270 valence electrons. The number of rotatable bonds is 6. The first-order valence-corrected chi connectivity index (χ1v) is 19.3. The number of pyridine rings is 3. The average Bonchev–Trinajstić information content (AvgIpc) is 3.31. The van der Waals surface area contributed by atoms with Crippen LogP contribution in [0.2, 0.25) is 0 Å². The summed E-state index contributed by atoms with van der Waals surface area (Å²) in [5.74, 6) is 1.90. The maximum atomic E-state index is 5.10. The molecule has 0 amide bonds. The molecule has 4 aromatic heterocycles. The minimum Gasteiger partial charge on any atom is -0.248 e. The first-order valence-electron chi connectivity index (χ1n) is 19.3. The third kappa shape index (κ3) is 6.19. The van der Waals surface area contributed by atoms with E-state index in [0.29, 0.717) is 17.5 Å². The van der Waals surface area contributed by atoms with Gasteiger partial charge in [0, 0.05) is 43.8 Å². The fraction of sp³-hybridized carbons (Fsp3) is 0. The lowest BCUT2D eigenvalue weighted by Gasteiger charge is -2.10. The van der Waals surface area contributed by atoms with Crippen LogP contribution >= 0.6 is 0 Å². The van der Waals surface area contributed by atoms with Crippen molar-refractivity contribution in [1.82, 2.24) is 29.9 Å². The van der Waals surface area contributed by atoms with Crippen molar-refractivity contribution in [3.05, 3.63) is 194 Å². The number of fused-ring (bicyclic) bond motifs is 5. The van der Waals surface area contributed by atoms with Gasteiger partial charge in [-0.15, -0.1) is 0 Å². The smallest absolute Gasteiger partial charge is 0.164 e. The van der Waals surface area contributed by atoms with E-state index in [2.05, 4.69) is 133 Å². The number of hydrogen-bond acceptors (Lipinski definition) is 6. The van der Waals surface area contributed by atoms with E-state index in [4.69, 9.17) is 29.9 Å². The summed E-state index contributed by atoms with van der Waals surface area (Å²) in [5, 5.41) is 5.60. The minimum absolute atomic E-state index is 0.623. The van der Waals surface area contributed by atoms with Gasteiger partial charge >= 0.3 is 0 Å². The monoisotopic (exact) mass is 740 g/mol. The van der Waals surface area contributed by atoms with Gasteiger partial charge in [-0.05, 0) is 52.9 Å². The first kappa shape index (κ1) is 33.4. The Labute approximate surface area is 334 Å². The average molecular weight is 741 g/mol. The van der Waals surface area contributed by atoms with Crippen LogP contribution in [0.25, 0.3) is 111 Å². The Morgan fingerprint density at radius 3 is 1.47 bits per heavy atom. The molecule has 0 fully saturated rings. The highest BCUT2D eigenvalue weighted by molar-refractivity contribution is 6.05. The summed E-state index contributed by atoms with van der Waals surface area (Å²) in [5.41, 5.74) is 11.5. The maximum absolute atomic E-state index is 5.10. The molecule has 0 radical (unpaired) electrons. The zero-order valence-electron chi connectivity index (χ0n) is 31.2. The molecule has 0 aliphatic rings.